The van der Waals surface area contributed by atoms with E-state index in [-0.39, 0.29) is 17.0 Å². The Hall–Kier alpha value is -1.58. The van der Waals surface area contributed by atoms with Crippen molar-refractivity contribution in [2.75, 3.05) is 0 Å². The molecule has 1 N–H and O–H groups in total. The number of nitrogens with zero attached hydrogens (tertiary/aromatic N) is 1. The van der Waals surface area contributed by atoms with E-state index in [0.29, 0.717) is 17.8 Å². The maximum absolute atomic E-state index is 11.9. The molecule has 0 radical (unpaired) electrons. The number of fused-ring (bicyclic) bond motifs is 6. The number of esters is 1. The molecule has 1 aliphatic heterocycles. The summed E-state index contributed by atoms with van der Waals surface area (Å²) in [7, 11) is 0. The van der Waals surface area contributed by atoms with Crippen molar-refractivity contribution < 1.29 is 14.7 Å². The van der Waals surface area contributed by atoms with Crippen LogP contribution in [0.25, 0.3) is 0 Å². The molecule has 3 fully saturated rings. The summed E-state index contributed by atoms with van der Waals surface area (Å²) in [4.78, 5) is 11.9. The molecule has 146 valence electrons. The lowest BCUT2D eigenvalue weighted by atomic mass is 9.48. The summed E-state index contributed by atoms with van der Waals surface area (Å²) >= 11 is 0. The van der Waals surface area contributed by atoms with E-state index >= 15 is 0 Å². The molecule has 4 heteroatoms. The first kappa shape index (κ1) is 17.5. The Balaban J connectivity index is 1.51. The van der Waals surface area contributed by atoms with E-state index in [1.165, 1.54) is 24.8 Å². The van der Waals surface area contributed by atoms with Crippen molar-refractivity contribution in [3.63, 3.8) is 0 Å². The minimum absolute atomic E-state index is 0.0812. The van der Waals surface area contributed by atoms with Gasteiger partial charge in [0.1, 0.15) is 5.60 Å². The molecule has 5 rings (SSSR count). The van der Waals surface area contributed by atoms with E-state index in [2.05, 4.69) is 31.2 Å². The number of rotatable bonds is 1. The number of oxime groups is 1. The van der Waals surface area contributed by atoms with Gasteiger partial charge in [0.2, 0.25) is 0 Å². The first-order valence-corrected chi connectivity index (χ1v) is 10.8. The van der Waals surface area contributed by atoms with Gasteiger partial charge in [-0.2, -0.15) is 0 Å². The van der Waals surface area contributed by atoms with Crippen LogP contribution in [0.5, 0.6) is 0 Å². The topological polar surface area (TPSA) is 58.9 Å². The molecule has 0 amide bonds. The summed E-state index contributed by atoms with van der Waals surface area (Å²) in [5.74, 6) is 3.32. The van der Waals surface area contributed by atoms with Gasteiger partial charge in [0, 0.05) is 11.5 Å². The summed E-state index contributed by atoms with van der Waals surface area (Å²) in [6, 6.07) is 0. The third-order valence-electron chi connectivity index (χ3n) is 9.09. The second-order valence-corrected chi connectivity index (χ2v) is 9.81. The third-order valence-corrected chi connectivity index (χ3v) is 9.09. The molecular formula is C23H31NO3. The van der Waals surface area contributed by atoms with Gasteiger partial charge in [0.25, 0.3) is 0 Å². The Morgan fingerprint density at radius 2 is 2.15 bits per heavy atom. The highest BCUT2D eigenvalue weighted by molar-refractivity contribution is 5.96. The normalized spacial score (nSPS) is 49.6. The summed E-state index contributed by atoms with van der Waals surface area (Å²) in [6.45, 7) is 4.73. The summed E-state index contributed by atoms with van der Waals surface area (Å²) < 4.78 is 5.96. The standard InChI is InChI=1S/C23H31NO3/c1-3-14-12-15-13-16(24-26)4-5-17(15)18-6-9-22(2)19(21(14)18)7-10-23(22)11-8-20(25)27-23/h8,11,13-14,17-19,21,26H,3-7,9-10,12H2,1-2H3/b24-16-/t14?,17-,18?,19?,21?,22-,23+/m0/s1. The highest BCUT2D eigenvalue weighted by atomic mass is 16.6. The summed E-state index contributed by atoms with van der Waals surface area (Å²) in [5.41, 5.74) is 2.12. The summed E-state index contributed by atoms with van der Waals surface area (Å²) in [6.07, 6.45) is 14.9. The van der Waals surface area contributed by atoms with E-state index in [0.717, 1.165) is 49.7 Å². The average Bonchev–Trinajstić information content (AvgIpc) is 3.21. The van der Waals surface area contributed by atoms with E-state index in [4.69, 9.17) is 4.74 Å². The van der Waals surface area contributed by atoms with Crippen LogP contribution in [0.2, 0.25) is 0 Å². The Bertz CT molecular complexity index is 753. The zero-order chi connectivity index (χ0) is 18.8. The van der Waals surface area contributed by atoms with Crippen LogP contribution in [0.15, 0.2) is 29.0 Å². The predicted octanol–water partition coefficient (Wildman–Crippen LogP) is 4.88. The molecule has 7 atom stereocenters. The predicted molar refractivity (Wildman–Crippen MR) is 103 cm³/mol. The highest BCUT2D eigenvalue weighted by Crippen LogP contribution is 2.68. The minimum atomic E-state index is -0.350. The van der Waals surface area contributed by atoms with Crippen molar-refractivity contribution in [2.24, 2.45) is 40.2 Å². The Morgan fingerprint density at radius 1 is 1.30 bits per heavy atom. The number of carbonyl (C=O) groups excluding carboxylic acids is 1. The Kier molecular flexibility index (Phi) is 3.86. The van der Waals surface area contributed by atoms with E-state index in [1.807, 2.05) is 0 Å². The molecule has 0 aromatic carbocycles. The number of carbonyl (C=O) groups is 1. The Morgan fingerprint density at radius 3 is 2.85 bits per heavy atom. The maximum atomic E-state index is 11.9. The van der Waals surface area contributed by atoms with E-state index < -0.39 is 0 Å². The number of hydrogen-bond donors (Lipinski definition) is 1. The molecule has 27 heavy (non-hydrogen) atoms. The fraction of sp³-hybridized carbons (Fsp3) is 0.739. The minimum Gasteiger partial charge on any atom is -0.451 e. The Labute approximate surface area is 161 Å². The lowest BCUT2D eigenvalue weighted by Gasteiger charge is -2.57. The van der Waals surface area contributed by atoms with Gasteiger partial charge < -0.3 is 9.94 Å². The molecule has 4 unspecified atom stereocenters. The van der Waals surface area contributed by atoms with Crippen molar-refractivity contribution in [2.45, 2.75) is 70.8 Å². The van der Waals surface area contributed by atoms with Crippen LogP contribution < -0.4 is 0 Å². The van der Waals surface area contributed by atoms with Gasteiger partial charge in [-0.15, -0.1) is 0 Å². The fourth-order valence-electron chi connectivity index (χ4n) is 7.81. The monoisotopic (exact) mass is 369 g/mol. The molecule has 4 nitrogen and oxygen atoms in total. The lowest BCUT2D eigenvalue weighted by Crippen LogP contribution is -2.54. The molecule has 0 saturated heterocycles. The molecule has 3 saturated carbocycles. The molecule has 1 heterocycles. The molecule has 1 spiro atoms. The molecular weight excluding hydrogens is 338 g/mol. The van der Waals surface area contributed by atoms with E-state index in [1.54, 1.807) is 6.08 Å². The smallest absolute Gasteiger partial charge is 0.331 e. The molecule has 5 aliphatic rings. The quantitative estimate of drug-likeness (QED) is 0.407. The zero-order valence-electron chi connectivity index (χ0n) is 16.5. The van der Waals surface area contributed by atoms with Gasteiger partial charge in [-0.05, 0) is 86.7 Å². The van der Waals surface area contributed by atoms with Crippen LogP contribution >= 0.6 is 0 Å². The largest absolute Gasteiger partial charge is 0.451 e. The van der Waals surface area contributed by atoms with Crippen molar-refractivity contribution in [3.05, 3.63) is 23.8 Å². The van der Waals surface area contributed by atoms with E-state index in [9.17, 15) is 10.0 Å². The van der Waals surface area contributed by atoms with Gasteiger partial charge in [-0.1, -0.05) is 31.0 Å². The first-order valence-electron chi connectivity index (χ1n) is 10.8. The lowest BCUT2D eigenvalue weighted by molar-refractivity contribution is -0.163. The van der Waals surface area contributed by atoms with Crippen LogP contribution in [-0.2, 0) is 9.53 Å². The maximum Gasteiger partial charge on any atom is 0.331 e. The number of ether oxygens (including phenoxy) is 1. The van der Waals surface area contributed by atoms with Crippen LogP contribution in [0.3, 0.4) is 0 Å². The van der Waals surface area contributed by atoms with Crippen molar-refractivity contribution in [1.82, 2.24) is 0 Å². The zero-order valence-corrected chi connectivity index (χ0v) is 16.5. The average molecular weight is 370 g/mol. The van der Waals surface area contributed by atoms with Crippen molar-refractivity contribution in [1.29, 1.82) is 0 Å². The fourth-order valence-corrected chi connectivity index (χ4v) is 7.81. The number of hydrogen-bond acceptors (Lipinski definition) is 4. The van der Waals surface area contributed by atoms with Crippen LogP contribution in [-0.4, -0.2) is 22.5 Å². The second-order valence-electron chi connectivity index (χ2n) is 9.81. The van der Waals surface area contributed by atoms with Gasteiger partial charge in [-0.3, -0.25) is 0 Å². The van der Waals surface area contributed by atoms with Gasteiger partial charge in [0.15, 0.2) is 0 Å². The van der Waals surface area contributed by atoms with Gasteiger partial charge >= 0.3 is 5.97 Å². The molecule has 0 aromatic rings. The first-order chi connectivity index (χ1) is 13.0. The SMILES string of the molecule is CCC1CC2=C/C(=N\O)CC[C@@H]2C2CC[C@@]3(C)C(CC[C@@]34C=CC(=O)O4)C12. The summed E-state index contributed by atoms with van der Waals surface area (Å²) in [5, 5.41) is 12.7. The van der Waals surface area contributed by atoms with Crippen LogP contribution in [0.1, 0.15) is 65.2 Å². The van der Waals surface area contributed by atoms with Crippen LogP contribution in [0, 0.1) is 35.0 Å². The van der Waals surface area contributed by atoms with Gasteiger partial charge in [0.05, 0.1) is 5.71 Å². The van der Waals surface area contributed by atoms with Crippen LogP contribution in [0.4, 0.5) is 0 Å². The number of allylic oxidation sites excluding steroid dienone is 2. The second kappa shape index (κ2) is 5.96. The molecule has 4 aliphatic carbocycles. The molecule has 0 bridgehead atoms. The highest BCUT2D eigenvalue weighted by Gasteiger charge is 2.65. The third kappa shape index (κ3) is 2.28. The van der Waals surface area contributed by atoms with Crippen molar-refractivity contribution in [3.8, 4) is 0 Å². The van der Waals surface area contributed by atoms with Gasteiger partial charge in [-0.25, -0.2) is 4.79 Å². The molecule has 0 aromatic heterocycles. The van der Waals surface area contributed by atoms with Crippen molar-refractivity contribution >= 4 is 11.7 Å².